The number of ether oxygens (including phenoxy) is 1. The molecule has 1 spiro atoms. The zero-order valence-corrected chi connectivity index (χ0v) is 37.1. The van der Waals surface area contributed by atoms with Gasteiger partial charge in [-0.3, -0.25) is 23.9 Å². The van der Waals surface area contributed by atoms with Gasteiger partial charge in [0.05, 0.1) is 33.7 Å². The summed E-state index contributed by atoms with van der Waals surface area (Å²) in [6.45, 7) is 13.9. The second kappa shape index (κ2) is 14.9. The first-order valence-corrected chi connectivity index (χ1v) is 22.0. The van der Waals surface area contributed by atoms with Crippen molar-refractivity contribution in [2.24, 2.45) is 29.2 Å². The van der Waals surface area contributed by atoms with Crippen LogP contribution in [0.5, 0.6) is 5.75 Å². The quantitative estimate of drug-likeness (QED) is 0.157. The van der Waals surface area contributed by atoms with Gasteiger partial charge in [0.25, 0.3) is 5.91 Å². The number of nitriles is 1. The number of benzene rings is 2. The molecule has 14 nitrogen and oxygen atoms in total. The van der Waals surface area contributed by atoms with Gasteiger partial charge in [0.2, 0.25) is 11.9 Å². The van der Waals surface area contributed by atoms with E-state index in [-0.39, 0.29) is 40.2 Å². The summed E-state index contributed by atoms with van der Waals surface area (Å²) in [6, 6.07) is 15.4. The number of fused-ring (bicyclic) bond motifs is 2. The Morgan fingerprint density at radius 1 is 1.00 bits per heavy atom. The first-order chi connectivity index (χ1) is 30.1. The SMILES string of the molecule is CC(=O)N1CCc2c(c(-c3cccc4cc(-c5cnn(CC6CC7(C6)CN(c6ncc(C(=O)NC8C(C)(C)C(Oc9ccc(C#N)c(Cl)c9)C8(C)C)cn6)C7)c5)ncc34)nn2C)C1. The molecule has 0 unspecified atom stereocenters. The molecule has 1 saturated heterocycles. The van der Waals surface area contributed by atoms with Crippen LogP contribution in [-0.4, -0.2) is 83.0 Å². The number of carbonyl (C=O) groups is 2. The van der Waals surface area contributed by atoms with Crippen molar-refractivity contribution in [3.63, 3.8) is 0 Å². The van der Waals surface area contributed by atoms with E-state index in [0.717, 1.165) is 77.7 Å². The molecule has 4 aliphatic rings. The van der Waals surface area contributed by atoms with Crippen molar-refractivity contribution in [2.75, 3.05) is 24.5 Å². The lowest BCUT2D eigenvalue weighted by atomic mass is 9.49. The Balaban J connectivity index is 0.722. The van der Waals surface area contributed by atoms with Gasteiger partial charge < -0.3 is 19.9 Å². The molecule has 15 heteroatoms. The molecule has 0 radical (unpaired) electrons. The van der Waals surface area contributed by atoms with Crippen molar-refractivity contribution in [3.05, 3.63) is 101 Å². The third-order valence-electron chi connectivity index (χ3n) is 14.2. The van der Waals surface area contributed by atoms with Gasteiger partial charge in [-0.2, -0.15) is 15.5 Å². The summed E-state index contributed by atoms with van der Waals surface area (Å²) < 4.78 is 10.4. The predicted molar refractivity (Wildman–Crippen MR) is 239 cm³/mol. The van der Waals surface area contributed by atoms with Crippen LogP contribution >= 0.6 is 11.6 Å². The number of pyridine rings is 1. The average Bonchev–Trinajstić information content (AvgIpc) is 3.85. The van der Waals surface area contributed by atoms with E-state index in [1.54, 1.807) is 37.5 Å². The maximum atomic E-state index is 13.5. The number of carbonyl (C=O) groups excluding carboxylic acids is 2. The minimum absolute atomic E-state index is 0.0832. The number of hydrogen-bond donors (Lipinski definition) is 1. The number of nitrogens with zero attached hydrogens (tertiary/aromatic N) is 10. The summed E-state index contributed by atoms with van der Waals surface area (Å²) in [6.07, 6.45) is 12.0. The van der Waals surface area contributed by atoms with Crippen molar-refractivity contribution < 1.29 is 14.3 Å². The molecule has 4 aromatic heterocycles. The predicted octanol–water partition coefficient (Wildman–Crippen LogP) is 7.25. The third kappa shape index (κ3) is 6.97. The smallest absolute Gasteiger partial charge is 0.254 e. The molecular weight excluding hydrogens is 814 g/mol. The summed E-state index contributed by atoms with van der Waals surface area (Å²) in [7, 11) is 1.98. The van der Waals surface area contributed by atoms with Crippen LogP contribution in [0.25, 0.3) is 33.3 Å². The molecule has 2 aromatic carbocycles. The number of amides is 2. The molecule has 10 rings (SSSR count). The fourth-order valence-electron chi connectivity index (χ4n) is 11.3. The Labute approximate surface area is 371 Å². The van der Waals surface area contributed by atoms with Crippen LogP contribution in [0.15, 0.2) is 73.4 Å². The minimum atomic E-state index is -0.378. The monoisotopic (exact) mass is 863 g/mol. The molecule has 2 saturated carbocycles. The first kappa shape index (κ1) is 40.7. The van der Waals surface area contributed by atoms with Crippen LogP contribution in [0.3, 0.4) is 0 Å². The normalized spacial score (nSPS) is 20.6. The van der Waals surface area contributed by atoms with Crippen LogP contribution in [0.4, 0.5) is 5.95 Å². The molecule has 2 amide bonds. The highest BCUT2D eigenvalue weighted by atomic mass is 35.5. The number of nitrogens with one attached hydrogen (secondary N) is 1. The molecule has 3 fully saturated rings. The van der Waals surface area contributed by atoms with Crippen molar-refractivity contribution >= 4 is 40.1 Å². The Kier molecular flexibility index (Phi) is 9.63. The van der Waals surface area contributed by atoms with Gasteiger partial charge in [-0.05, 0) is 42.3 Å². The van der Waals surface area contributed by atoms with Crippen molar-refractivity contribution in [1.29, 1.82) is 5.26 Å². The van der Waals surface area contributed by atoms with Gasteiger partial charge in [0.15, 0.2) is 0 Å². The summed E-state index contributed by atoms with van der Waals surface area (Å²) in [5, 5.41) is 24.6. The van der Waals surface area contributed by atoms with Crippen molar-refractivity contribution in [2.45, 2.75) is 79.1 Å². The molecule has 0 atom stereocenters. The Morgan fingerprint density at radius 3 is 2.48 bits per heavy atom. The van der Waals surface area contributed by atoms with Crippen LogP contribution in [0, 0.1) is 33.5 Å². The number of hydrogen-bond acceptors (Lipinski definition) is 10. The molecule has 2 aliphatic carbocycles. The Hall–Kier alpha value is -6.33. The fourth-order valence-corrected chi connectivity index (χ4v) is 11.6. The topological polar surface area (TPSA) is 160 Å². The summed E-state index contributed by atoms with van der Waals surface area (Å²) >= 11 is 6.26. The van der Waals surface area contributed by atoms with E-state index >= 15 is 0 Å². The molecule has 1 N–H and O–H groups in total. The van der Waals surface area contributed by atoms with E-state index < -0.39 is 0 Å². The second-order valence-corrected chi connectivity index (χ2v) is 19.7. The summed E-state index contributed by atoms with van der Waals surface area (Å²) in [5.41, 5.74) is 6.41. The molecular formula is C48H50ClN11O3. The highest BCUT2D eigenvalue weighted by molar-refractivity contribution is 6.31. The van der Waals surface area contributed by atoms with E-state index in [1.807, 2.05) is 33.7 Å². The molecule has 322 valence electrons. The number of anilines is 1. The van der Waals surface area contributed by atoms with E-state index in [1.165, 1.54) is 5.69 Å². The first-order valence-electron chi connectivity index (χ1n) is 21.6. The zero-order valence-electron chi connectivity index (χ0n) is 36.4. The highest BCUT2D eigenvalue weighted by Gasteiger charge is 2.64. The largest absolute Gasteiger partial charge is 0.489 e. The Bertz CT molecular complexity index is 2830. The van der Waals surface area contributed by atoms with E-state index in [0.29, 0.717) is 46.9 Å². The second-order valence-electron chi connectivity index (χ2n) is 19.3. The molecule has 0 bridgehead atoms. The fraction of sp³-hybridized carbons (Fsp3) is 0.417. The summed E-state index contributed by atoms with van der Waals surface area (Å²) in [5.74, 6) is 1.64. The molecule has 63 heavy (non-hydrogen) atoms. The van der Waals surface area contributed by atoms with Gasteiger partial charge in [0.1, 0.15) is 17.9 Å². The molecule has 2 aliphatic heterocycles. The average molecular weight is 864 g/mol. The lowest BCUT2D eigenvalue weighted by Crippen LogP contribution is -2.74. The lowest BCUT2D eigenvalue weighted by molar-refractivity contribution is -0.164. The standard InChI is InChI=1S/C48H50ClN11O3/c1-28(61)58-13-12-40-37(25-58)41(56-57(40)6)35-9-7-8-30-14-39(51-22-36(30)35)33-21-54-60(24-33)23-29-16-48(17-29)26-59(27-48)45-52-19-32(20-53-45)42(62)55-43-46(2,3)44(47(43,4)5)63-34-11-10-31(18-50)38(49)15-34/h7-11,14-15,19-22,24,29,43-44H,12-13,16-17,23,25-27H2,1-6H3,(H,55,62). The van der Waals surface area contributed by atoms with E-state index in [9.17, 15) is 14.9 Å². The summed E-state index contributed by atoms with van der Waals surface area (Å²) in [4.78, 5) is 43.9. The Morgan fingerprint density at radius 2 is 1.76 bits per heavy atom. The highest BCUT2D eigenvalue weighted by Crippen LogP contribution is 2.56. The number of rotatable bonds is 9. The van der Waals surface area contributed by atoms with Crippen molar-refractivity contribution in [3.8, 4) is 34.3 Å². The van der Waals surface area contributed by atoms with Gasteiger partial charge in [-0.1, -0.05) is 57.5 Å². The van der Waals surface area contributed by atoms with Gasteiger partial charge in [-0.25, -0.2) is 9.97 Å². The van der Waals surface area contributed by atoms with E-state index in [2.05, 4.69) is 84.4 Å². The maximum absolute atomic E-state index is 13.5. The number of aromatic nitrogens is 7. The van der Waals surface area contributed by atoms with Crippen molar-refractivity contribution in [1.82, 2.24) is 44.7 Å². The number of aryl methyl sites for hydroxylation is 1. The maximum Gasteiger partial charge on any atom is 0.254 e. The molecule has 6 heterocycles. The van der Waals surface area contributed by atoms with Gasteiger partial charge in [0, 0.05) is 134 Å². The van der Waals surface area contributed by atoms with Crippen LogP contribution in [0.1, 0.15) is 74.6 Å². The van der Waals surface area contributed by atoms with Crippen LogP contribution in [0.2, 0.25) is 5.02 Å². The third-order valence-corrected chi connectivity index (χ3v) is 14.5. The van der Waals surface area contributed by atoms with Gasteiger partial charge >= 0.3 is 0 Å². The van der Waals surface area contributed by atoms with Crippen LogP contribution < -0.4 is 15.0 Å². The molecule has 6 aromatic rings. The van der Waals surface area contributed by atoms with Crippen LogP contribution in [-0.2, 0) is 31.4 Å². The van der Waals surface area contributed by atoms with E-state index in [4.69, 9.17) is 31.5 Å². The zero-order chi connectivity index (χ0) is 44.0. The lowest BCUT2D eigenvalue weighted by Gasteiger charge is -2.63. The number of halogens is 1. The van der Waals surface area contributed by atoms with Gasteiger partial charge in [-0.15, -0.1) is 0 Å². The minimum Gasteiger partial charge on any atom is -0.489 e.